The molecular weight excluding hydrogens is 396 g/mol. The Bertz CT molecular complexity index is 1090. The number of aromatic nitrogens is 1. The summed E-state index contributed by atoms with van der Waals surface area (Å²) in [6, 6.07) is 10.5. The van der Waals surface area contributed by atoms with Crippen LogP contribution in [0, 0.1) is 0 Å². The van der Waals surface area contributed by atoms with Crippen molar-refractivity contribution in [3.8, 4) is 0 Å². The van der Waals surface area contributed by atoms with Crippen LogP contribution in [0.5, 0.6) is 0 Å². The summed E-state index contributed by atoms with van der Waals surface area (Å²) in [6.07, 6.45) is -8.65. The number of aliphatic hydroxyl groups is 1. The van der Waals surface area contributed by atoms with E-state index in [0.717, 1.165) is 11.6 Å². The Kier molecular flexibility index (Phi) is 4.38. The second kappa shape index (κ2) is 6.45. The molecular formula is C21H15F6NO. The highest BCUT2D eigenvalue weighted by molar-refractivity contribution is 5.87. The van der Waals surface area contributed by atoms with Gasteiger partial charge in [0.25, 0.3) is 0 Å². The minimum atomic E-state index is -4.97. The van der Waals surface area contributed by atoms with Crippen molar-refractivity contribution in [1.29, 1.82) is 0 Å². The molecule has 2 aromatic carbocycles. The van der Waals surface area contributed by atoms with Crippen molar-refractivity contribution in [1.82, 2.24) is 4.98 Å². The van der Waals surface area contributed by atoms with E-state index in [9.17, 15) is 31.4 Å². The molecule has 0 saturated heterocycles. The lowest BCUT2D eigenvalue weighted by molar-refractivity contribution is -0.142. The van der Waals surface area contributed by atoms with Crippen LogP contribution >= 0.6 is 0 Å². The lowest BCUT2D eigenvalue weighted by Gasteiger charge is -2.36. The van der Waals surface area contributed by atoms with Crippen LogP contribution in [0.2, 0.25) is 0 Å². The third-order valence-corrected chi connectivity index (χ3v) is 5.33. The summed E-state index contributed by atoms with van der Waals surface area (Å²) in [7, 11) is 0. The van der Waals surface area contributed by atoms with Gasteiger partial charge in [-0.2, -0.15) is 26.3 Å². The molecule has 1 heterocycles. The summed E-state index contributed by atoms with van der Waals surface area (Å²) in [6.45, 7) is 0. The van der Waals surface area contributed by atoms with Gasteiger partial charge in [-0.25, -0.2) is 4.98 Å². The molecule has 0 bridgehead atoms. The van der Waals surface area contributed by atoms with Gasteiger partial charge in [0.05, 0.1) is 11.1 Å². The first-order valence-corrected chi connectivity index (χ1v) is 8.91. The highest BCUT2D eigenvalue weighted by Crippen LogP contribution is 2.46. The van der Waals surface area contributed by atoms with Gasteiger partial charge in [0.15, 0.2) is 0 Å². The largest absolute Gasteiger partial charge is 0.433 e. The number of para-hydroxylation sites is 1. The maximum Gasteiger partial charge on any atom is 0.433 e. The first-order chi connectivity index (χ1) is 13.5. The number of hydrogen-bond acceptors (Lipinski definition) is 2. The molecule has 0 radical (unpaired) electrons. The second-order valence-corrected chi connectivity index (χ2v) is 7.12. The van der Waals surface area contributed by atoms with Gasteiger partial charge in [0.1, 0.15) is 11.3 Å². The monoisotopic (exact) mass is 411 g/mol. The first-order valence-electron chi connectivity index (χ1n) is 8.91. The van der Waals surface area contributed by atoms with E-state index in [4.69, 9.17) is 0 Å². The predicted octanol–water partition coefficient (Wildman–Crippen LogP) is 5.84. The molecule has 0 amide bonds. The fraction of sp³-hybridized carbons (Fsp3) is 0.286. The molecule has 0 spiro atoms. The molecule has 152 valence electrons. The van der Waals surface area contributed by atoms with Crippen molar-refractivity contribution in [2.75, 3.05) is 0 Å². The molecule has 1 unspecified atom stereocenters. The van der Waals surface area contributed by atoms with Crippen molar-refractivity contribution >= 4 is 10.9 Å². The van der Waals surface area contributed by atoms with Gasteiger partial charge < -0.3 is 5.11 Å². The highest BCUT2D eigenvalue weighted by Gasteiger charge is 2.42. The Labute approximate surface area is 161 Å². The Hall–Kier alpha value is -2.61. The van der Waals surface area contributed by atoms with Gasteiger partial charge in [-0.05, 0) is 48.1 Å². The zero-order valence-electron chi connectivity index (χ0n) is 14.9. The average molecular weight is 411 g/mol. The second-order valence-electron chi connectivity index (χ2n) is 7.12. The van der Waals surface area contributed by atoms with E-state index in [0.29, 0.717) is 30.5 Å². The van der Waals surface area contributed by atoms with Gasteiger partial charge in [-0.15, -0.1) is 0 Å². The molecule has 1 aliphatic rings. The third-order valence-electron chi connectivity index (χ3n) is 5.33. The Morgan fingerprint density at radius 3 is 2.28 bits per heavy atom. The Balaban J connectivity index is 2.10. The summed E-state index contributed by atoms with van der Waals surface area (Å²) >= 11 is 0. The van der Waals surface area contributed by atoms with Crippen LogP contribution < -0.4 is 0 Å². The average Bonchev–Trinajstić information content (AvgIpc) is 2.65. The molecule has 1 atom stereocenters. The van der Waals surface area contributed by atoms with E-state index < -0.39 is 34.7 Å². The molecule has 3 aromatic rings. The molecule has 4 rings (SSSR count). The number of pyridine rings is 1. The SMILES string of the molecule is OC1(c2cc(C(F)(F)F)nc3c(C(F)(F)F)cccc23)CCCc2ccccc21. The molecule has 0 saturated carbocycles. The zero-order valence-corrected chi connectivity index (χ0v) is 14.9. The summed E-state index contributed by atoms with van der Waals surface area (Å²) < 4.78 is 80.9. The van der Waals surface area contributed by atoms with E-state index in [1.807, 2.05) is 0 Å². The van der Waals surface area contributed by atoms with Crippen molar-refractivity contribution in [2.45, 2.75) is 37.2 Å². The van der Waals surface area contributed by atoms with Crippen LogP contribution in [0.15, 0.2) is 48.5 Å². The molecule has 29 heavy (non-hydrogen) atoms. The standard InChI is InChI=1S/C21H15F6NO/c22-20(23,24)15-9-3-7-13-16(11-17(21(25,26)27)28-18(13)15)19(29)10-4-6-12-5-1-2-8-14(12)19/h1-3,5,7-9,11,29H,4,6,10H2. The van der Waals surface area contributed by atoms with E-state index in [-0.39, 0.29) is 17.4 Å². The maximum absolute atomic E-state index is 13.5. The quantitative estimate of drug-likeness (QED) is 0.510. The van der Waals surface area contributed by atoms with Crippen LogP contribution in [0.3, 0.4) is 0 Å². The number of benzene rings is 2. The summed E-state index contributed by atoms with van der Waals surface area (Å²) in [4.78, 5) is 3.30. The smallest absolute Gasteiger partial charge is 0.380 e. The number of nitrogens with zero attached hydrogens (tertiary/aromatic N) is 1. The maximum atomic E-state index is 13.5. The molecule has 1 aliphatic carbocycles. The zero-order chi connectivity index (χ0) is 21.0. The minimum absolute atomic E-state index is 0.0939. The van der Waals surface area contributed by atoms with Crippen LogP contribution in [0.25, 0.3) is 10.9 Å². The summed E-state index contributed by atoms with van der Waals surface area (Å²) in [5.41, 5.74) is -4.45. The summed E-state index contributed by atoms with van der Waals surface area (Å²) in [5.74, 6) is 0. The molecule has 1 aromatic heterocycles. The van der Waals surface area contributed by atoms with Crippen LogP contribution in [-0.2, 0) is 24.4 Å². The minimum Gasteiger partial charge on any atom is -0.380 e. The topological polar surface area (TPSA) is 33.1 Å². The predicted molar refractivity (Wildman–Crippen MR) is 94.1 cm³/mol. The van der Waals surface area contributed by atoms with Crippen LogP contribution in [-0.4, -0.2) is 10.1 Å². The molecule has 2 nitrogen and oxygen atoms in total. The number of aryl methyl sites for hydroxylation is 1. The van der Waals surface area contributed by atoms with Crippen molar-refractivity contribution in [2.24, 2.45) is 0 Å². The number of fused-ring (bicyclic) bond motifs is 2. The van der Waals surface area contributed by atoms with Crippen molar-refractivity contribution < 1.29 is 31.4 Å². The van der Waals surface area contributed by atoms with E-state index >= 15 is 0 Å². The molecule has 0 fully saturated rings. The Morgan fingerprint density at radius 1 is 0.862 bits per heavy atom. The Morgan fingerprint density at radius 2 is 1.59 bits per heavy atom. The summed E-state index contributed by atoms with van der Waals surface area (Å²) in [5, 5.41) is 11.4. The van der Waals surface area contributed by atoms with Crippen LogP contribution in [0.4, 0.5) is 26.3 Å². The fourth-order valence-electron chi connectivity index (χ4n) is 4.06. The van der Waals surface area contributed by atoms with Gasteiger partial charge >= 0.3 is 12.4 Å². The number of alkyl halides is 6. The number of halogens is 6. The van der Waals surface area contributed by atoms with Gasteiger partial charge in [-0.1, -0.05) is 36.4 Å². The van der Waals surface area contributed by atoms with Crippen molar-refractivity contribution in [3.05, 3.63) is 76.5 Å². The molecule has 0 aliphatic heterocycles. The van der Waals surface area contributed by atoms with Crippen molar-refractivity contribution in [3.63, 3.8) is 0 Å². The number of rotatable bonds is 1. The van der Waals surface area contributed by atoms with Gasteiger partial charge in [-0.3, -0.25) is 0 Å². The van der Waals surface area contributed by atoms with Gasteiger partial charge in [0.2, 0.25) is 0 Å². The molecule has 1 N–H and O–H groups in total. The fourth-order valence-corrected chi connectivity index (χ4v) is 4.06. The first kappa shape index (κ1) is 19.7. The van der Waals surface area contributed by atoms with E-state index in [1.165, 1.54) is 6.07 Å². The normalized spacial score (nSPS) is 20.0. The molecule has 8 heteroatoms. The lowest BCUT2D eigenvalue weighted by atomic mass is 9.74. The van der Waals surface area contributed by atoms with E-state index in [2.05, 4.69) is 4.98 Å². The van der Waals surface area contributed by atoms with Crippen LogP contribution in [0.1, 0.15) is 40.8 Å². The van der Waals surface area contributed by atoms with Gasteiger partial charge in [0, 0.05) is 5.39 Å². The number of hydrogen-bond donors (Lipinski definition) is 1. The lowest BCUT2D eigenvalue weighted by Crippen LogP contribution is -2.33. The third kappa shape index (κ3) is 3.25. The highest BCUT2D eigenvalue weighted by atomic mass is 19.4. The van der Waals surface area contributed by atoms with E-state index in [1.54, 1.807) is 24.3 Å².